The standard InChI is InChI=1S/C19H21N5O3S/c1-4-10-23-17(26)14(16(25)21-19(23)28)11-20-15-12(2)22(3)24(18(15)27)13-8-6-5-7-9-13/h5-9,11,26H,4,10H2,1-3H3,(H,21,25,28). The average Bonchev–Trinajstić information content (AvgIpc) is 2.88. The number of hydrogen-bond donors (Lipinski definition) is 2. The number of aliphatic imine (C=N–C) groups is 1. The molecule has 28 heavy (non-hydrogen) atoms. The topological polar surface area (TPSA) is 97.3 Å². The van der Waals surface area contributed by atoms with E-state index < -0.39 is 5.56 Å². The molecule has 0 radical (unpaired) electrons. The van der Waals surface area contributed by atoms with E-state index in [1.807, 2.05) is 37.3 Å². The highest BCUT2D eigenvalue weighted by molar-refractivity contribution is 7.71. The van der Waals surface area contributed by atoms with Crippen molar-refractivity contribution in [1.82, 2.24) is 18.9 Å². The Morgan fingerprint density at radius 1 is 1.25 bits per heavy atom. The van der Waals surface area contributed by atoms with Crippen LogP contribution >= 0.6 is 12.2 Å². The van der Waals surface area contributed by atoms with Gasteiger partial charge in [-0.15, -0.1) is 0 Å². The molecule has 0 unspecified atom stereocenters. The zero-order chi connectivity index (χ0) is 20.4. The van der Waals surface area contributed by atoms with Gasteiger partial charge in [0.25, 0.3) is 11.1 Å². The van der Waals surface area contributed by atoms with Crippen LogP contribution in [0.3, 0.4) is 0 Å². The van der Waals surface area contributed by atoms with E-state index in [9.17, 15) is 14.7 Å². The van der Waals surface area contributed by atoms with Gasteiger partial charge in [0.05, 0.1) is 11.4 Å². The first-order chi connectivity index (χ1) is 13.4. The van der Waals surface area contributed by atoms with E-state index in [2.05, 4.69) is 9.98 Å². The molecule has 2 N–H and O–H groups in total. The fraction of sp³-hybridized carbons (Fsp3) is 0.263. The van der Waals surface area contributed by atoms with E-state index in [1.54, 1.807) is 18.7 Å². The van der Waals surface area contributed by atoms with Gasteiger partial charge in [-0.05, 0) is 37.7 Å². The lowest BCUT2D eigenvalue weighted by atomic mass is 10.3. The zero-order valence-electron chi connectivity index (χ0n) is 15.8. The first-order valence-electron chi connectivity index (χ1n) is 8.81. The van der Waals surface area contributed by atoms with Crippen LogP contribution in [0.5, 0.6) is 5.88 Å². The molecule has 2 heterocycles. The lowest BCUT2D eigenvalue weighted by Gasteiger charge is -2.09. The Labute approximate surface area is 166 Å². The normalized spacial score (nSPS) is 11.4. The number of aromatic amines is 1. The number of para-hydroxylation sites is 1. The number of benzene rings is 1. The fourth-order valence-electron chi connectivity index (χ4n) is 2.95. The number of nitrogens with zero attached hydrogens (tertiary/aromatic N) is 4. The monoisotopic (exact) mass is 399 g/mol. The third-order valence-electron chi connectivity index (χ3n) is 4.50. The van der Waals surface area contributed by atoms with Crippen LogP contribution in [-0.4, -0.2) is 30.2 Å². The van der Waals surface area contributed by atoms with Gasteiger partial charge in [-0.2, -0.15) is 0 Å². The van der Waals surface area contributed by atoms with E-state index in [0.717, 1.165) is 6.42 Å². The number of H-pyrrole nitrogens is 1. The molecular weight excluding hydrogens is 378 g/mol. The lowest BCUT2D eigenvalue weighted by molar-refractivity contribution is 0.402. The summed E-state index contributed by atoms with van der Waals surface area (Å²) in [4.78, 5) is 31.9. The molecule has 3 rings (SSSR count). The van der Waals surface area contributed by atoms with E-state index >= 15 is 0 Å². The van der Waals surface area contributed by atoms with Crippen molar-refractivity contribution >= 4 is 24.1 Å². The van der Waals surface area contributed by atoms with Crippen LogP contribution < -0.4 is 11.1 Å². The molecule has 0 atom stereocenters. The Morgan fingerprint density at radius 3 is 2.57 bits per heavy atom. The molecule has 0 saturated carbocycles. The maximum absolute atomic E-state index is 12.9. The Balaban J connectivity index is 2.13. The molecule has 0 amide bonds. The molecule has 0 saturated heterocycles. The summed E-state index contributed by atoms with van der Waals surface area (Å²) in [6.45, 7) is 4.15. The zero-order valence-corrected chi connectivity index (χ0v) is 16.7. The molecule has 1 aromatic carbocycles. The van der Waals surface area contributed by atoms with Crippen LogP contribution in [-0.2, 0) is 13.6 Å². The van der Waals surface area contributed by atoms with Crippen LogP contribution in [0.25, 0.3) is 5.69 Å². The Hall–Kier alpha value is -3.20. The molecular formula is C19H21N5O3S. The molecule has 0 aliphatic heterocycles. The van der Waals surface area contributed by atoms with E-state index in [1.165, 1.54) is 15.5 Å². The summed E-state index contributed by atoms with van der Waals surface area (Å²) in [5.74, 6) is -0.267. The highest BCUT2D eigenvalue weighted by Gasteiger charge is 2.16. The van der Waals surface area contributed by atoms with Gasteiger partial charge >= 0.3 is 0 Å². The van der Waals surface area contributed by atoms with Gasteiger partial charge in [0.2, 0.25) is 5.88 Å². The molecule has 0 bridgehead atoms. The quantitative estimate of drug-likeness (QED) is 0.509. The molecule has 0 fully saturated rings. The van der Waals surface area contributed by atoms with Gasteiger partial charge in [0.15, 0.2) is 10.5 Å². The third-order valence-corrected chi connectivity index (χ3v) is 4.82. The van der Waals surface area contributed by atoms with Crippen LogP contribution in [0.15, 0.2) is 44.9 Å². The number of rotatable bonds is 5. The van der Waals surface area contributed by atoms with Crippen molar-refractivity contribution in [2.45, 2.75) is 26.8 Å². The molecule has 0 spiro atoms. The van der Waals surface area contributed by atoms with Crippen molar-refractivity contribution in [3.63, 3.8) is 0 Å². The van der Waals surface area contributed by atoms with Gasteiger partial charge < -0.3 is 5.11 Å². The molecule has 0 aliphatic rings. The van der Waals surface area contributed by atoms with Crippen molar-refractivity contribution in [2.75, 3.05) is 0 Å². The van der Waals surface area contributed by atoms with Gasteiger partial charge in [-0.1, -0.05) is 25.1 Å². The Bertz CT molecular complexity index is 1220. The van der Waals surface area contributed by atoms with Crippen LogP contribution in [0.2, 0.25) is 0 Å². The molecule has 9 heteroatoms. The smallest absolute Gasteiger partial charge is 0.297 e. The molecule has 2 aromatic heterocycles. The third kappa shape index (κ3) is 3.36. The minimum absolute atomic E-state index is 0.0454. The summed E-state index contributed by atoms with van der Waals surface area (Å²) in [6, 6.07) is 9.19. The van der Waals surface area contributed by atoms with Crippen LogP contribution in [0.1, 0.15) is 24.6 Å². The predicted octanol–water partition coefficient (Wildman–Crippen LogP) is 2.57. The second-order valence-corrected chi connectivity index (χ2v) is 6.70. The van der Waals surface area contributed by atoms with Crippen molar-refractivity contribution in [3.8, 4) is 11.6 Å². The van der Waals surface area contributed by atoms with Gasteiger partial charge in [0.1, 0.15) is 5.56 Å². The molecule has 146 valence electrons. The molecule has 0 aliphatic carbocycles. The number of aromatic nitrogens is 4. The first kappa shape index (κ1) is 19.6. The summed E-state index contributed by atoms with van der Waals surface area (Å²) in [6.07, 6.45) is 1.93. The second kappa shape index (κ2) is 7.81. The van der Waals surface area contributed by atoms with Crippen molar-refractivity contribution in [1.29, 1.82) is 0 Å². The van der Waals surface area contributed by atoms with Crippen molar-refractivity contribution in [3.05, 3.63) is 67.1 Å². The average molecular weight is 399 g/mol. The lowest BCUT2D eigenvalue weighted by Crippen LogP contribution is -2.20. The minimum atomic E-state index is -0.560. The largest absolute Gasteiger partial charge is 0.494 e. The van der Waals surface area contributed by atoms with E-state index in [4.69, 9.17) is 12.2 Å². The summed E-state index contributed by atoms with van der Waals surface area (Å²) >= 11 is 5.09. The first-order valence-corrected chi connectivity index (χ1v) is 9.21. The Morgan fingerprint density at radius 2 is 1.93 bits per heavy atom. The van der Waals surface area contributed by atoms with E-state index in [0.29, 0.717) is 17.9 Å². The Kier molecular flexibility index (Phi) is 5.46. The summed E-state index contributed by atoms with van der Waals surface area (Å²) in [5.41, 5.74) is 0.597. The predicted molar refractivity (Wildman–Crippen MR) is 111 cm³/mol. The number of hydrogen-bond acceptors (Lipinski definition) is 5. The summed E-state index contributed by atoms with van der Waals surface area (Å²) in [5, 5.41) is 10.4. The minimum Gasteiger partial charge on any atom is -0.494 e. The maximum atomic E-state index is 12.9. The summed E-state index contributed by atoms with van der Waals surface area (Å²) in [7, 11) is 1.76. The van der Waals surface area contributed by atoms with Crippen LogP contribution in [0.4, 0.5) is 5.69 Å². The SMILES string of the molecule is CCCn1c(O)c(C=Nc2c(C)n(C)n(-c3ccccc3)c2=O)c(=O)[nH]c1=S. The molecule has 3 aromatic rings. The highest BCUT2D eigenvalue weighted by Crippen LogP contribution is 2.18. The van der Waals surface area contributed by atoms with Crippen molar-refractivity contribution in [2.24, 2.45) is 12.0 Å². The van der Waals surface area contributed by atoms with E-state index in [-0.39, 0.29) is 27.5 Å². The second-order valence-electron chi connectivity index (χ2n) is 6.32. The van der Waals surface area contributed by atoms with Crippen molar-refractivity contribution < 1.29 is 5.11 Å². The van der Waals surface area contributed by atoms with Gasteiger partial charge in [0, 0.05) is 19.8 Å². The fourth-order valence-corrected chi connectivity index (χ4v) is 3.22. The van der Waals surface area contributed by atoms with Crippen LogP contribution in [0, 0.1) is 11.7 Å². The maximum Gasteiger partial charge on any atom is 0.297 e. The van der Waals surface area contributed by atoms with Gasteiger partial charge in [-0.25, -0.2) is 9.67 Å². The van der Waals surface area contributed by atoms with Gasteiger partial charge in [-0.3, -0.25) is 23.8 Å². The highest BCUT2D eigenvalue weighted by atomic mass is 32.1. The number of nitrogens with one attached hydrogen (secondary N) is 1. The number of aromatic hydroxyl groups is 1. The summed E-state index contributed by atoms with van der Waals surface area (Å²) < 4.78 is 4.76. The molecule has 8 nitrogen and oxygen atoms in total.